The van der Waals surface area contributed by atoms with Gasteiger partial charge in [-0.25, -0.2) is 0 Å². The summed E-state index contributed by atoms with van der Waals surface area (Å²) in [5, 5.41) is 0. The van der Waals surface area contributed by atoms with Gasteiger partial charge in [0.1, 0.15) is 0 Å². The maximum atomic E-state index is 4.18. The van der Waals surface area contributed by atoms with Crippen molar-refractivity contribution in [2.24, 2.45) is 0 Å². The Hall–Kier alpha value is -1.71. The van der Waals surface area contributed by atoms with Gasteiger partial charge in [-0.05, 0) is 37.1 Å². The molecule has 2 aromatic rings. The number of nitrogens with zero attached hydrogens (tertiary/aromatic N) is 3. The standard InChI is InChI=1S/C19H25N3/c1-16(2)21-12-14-22(15-13-21)19(17-6-4-3-5-7-17)18-8-10-20-11-9-18/h3-11,16,19H,12-15H2,1-2H3. The molecule has 1 atom stereocenters. The molecule has 0 spiro atoms. The molecule has 0 aliphatic carbocycles. The smallest absolute Gasteiger partial charge is 0.0603 e. The second kappa shape index (κ2) is 7.03. The number of aromatic nitrogens is 1. The fourth-order valence-corrected chi connectivity index (χ4v) is 3.31. The first-order valence-corrected chi connectivity index (χ1v) is 8.18. The van der Waals surface area contributed by atoms with Crippen LogP contribution in [0.3, 0.4) is 0 Å². The summed E-state index contributed by atoms with van der Waals surface area (Å²) >= 11 is 0. The van der Waals surface area contributed by atoms with Gasteiger partial charge in [-0.3, -0.25) is 14.8 Å². The van der Waals surface area contributed by atoms with Crippen molar-refractivity contribution in [1.82, 2.24) is 14.8 Å². The molecule has 0 bridgehead atoms. The van der Waals surface area contributed by atoms with Crippen molar-refractivity contribution in [3.8, 4) is 0 Å². The first-order chi connectivity index (χ1) is 10.8. The van der Waals surface area contributed by atoms with E-state index in [1.54, 1.807) is 0 Å². The number of piperazine rings is 1. The summed E-state index contributed by atoms with van der Waals surface area (Å²) in [7, 11) is 0. The van der Waals surface area contributed by atoms with Crippen LogP contribution in [0.1, 0.15) is 31.0 Å². The van der Waals surface area contributed by atoms with Crippen LogP contribution >= 0.6 is 0 Å². The van der Waals surface area contributed by atoms with Crippen molar-refractivity contribution in [2.75, 3.05) is 26.2 Å². The van der Waals surface area contributed by atoms with Gasteiger partial charge in [0.05, 0.1) is 6.04 Å². The van der Waals surface area contributed by atoms with Crippen molar-refractivity contribution >= 4 is 0 Å². The Morgan fingerprint density at radius 3 is 1.91 bits per heavy atom. The SMILES string of the molecule is CC(C)N1CCN(C(c2ccccc2)c2ccncc2)CC1. The van der Waals surface area contributed by atoms with Gasteiger partial charge < -0.3 is 0 Å². The molecule has 1 unspecified atom stereocenters. The second-order valence-electron chi connectivity index (χ2n) is 6.26. The lowest BCUT2D eigenvalue weighted by atomic mass is 9.97. The summed E-state index contributed by atoms with van der Waals surface area (Å²) in [6.07, 6.45) is 3.80. The fraction of sp³-hybridized carbons (Fsp3) is 0.421. The molecule has 0 saturated carbocycles. The van der Waals surface area contributed by atoms with Gasteiger partial charge in [-0.2, -0.15) is 0 Å². The summed E-state index contributed by atoms with van der Waals surface area (Å²) in [6, 6.07) is 16.1. The van der Waals surface area contributed by atoms with Gasteiger partial charge in [0.15, 0.2) is 0 Å². The van der Waals surface area contributed by atoms with Gasteiger partial charge in [-0.15, -0.1) is 0 Å². The minimum Gasteiger partial charge on any atom is -0.298 e. The Balaban J connectivity index is 1.84. The number of pyridine rings is 1. The lowest BCUT2D eigenvalue weighted by Crippen LogP contribution is -2.49. The molecule has 1 aromatic heterocycles. The molecular weight excluding hydrogens is 270 g/mol. The highest BCUT2D eigenvalue weighted by Gasteiger charge is 2.26. The predicted molar refractivity (Wildman–Crippen MR) is 90.8 cm³/mol. The van der Waals surface area contributed by atoms with Crippen LogP contribution in [0, 0.1) is 0 Å². The van der Waals surface area contributed by atoms with E-state index in [2.05, 4.69) is 71.1 Å². The quantitative estimate of drug-likeness (QED) is 0.863. The molecule has 3 heteroatoms. The topological polar surface area (TPSA) is 19.4 Å². The Morgan fingerprint density at radius 1 is 0.773 bits per heavy atom. The fourth-order valence-electron chi connectivity index (χ4n) is 3.31. The van der Waals surface area contributed by atoms with E-state index in [4.69, 9.17) is 0 Å². The van der Waals surface area contributed by atoms with E-state index in [0.717, 1.165) is 26.2 Å². The lowest BCUT2D eigenvalue weighted by molar-refractivity contribution is 0.0892. The van der Waals surface area contributed by atoms with Crippen molar-refractivity contribution in [1.29, 1.82) is 0 Å². The zero-order valence-corrected chi connectivity index (χ0v) is 13.5. The van der Waals surface area contributed by atoms with Crippen LogP contribution in [-0.4, -0.2) is 47.0 Å². The molecule has 0 radical (unpaired) electrons. The maximum absolute atomic E-state index is 4.18. The highest BCUT2D eigenvalue weighted by atomic mass is 15.3. The summed E-state index contributed by atoms with van der Waals surface area (Å²) in [4.78, 5) is 9.34. The summed E-state index contributed by atoms with van der Waals surface area (Å²) in [5.74, 6) is 0. The third-order valence-corrected chi connectivity index (χ3v) is 4.58. The van der Waals surface area contributed by atoms with Crippen molar-refractivity contribution in [3.05, 3.63) is 66.0 Å². The van der Waals surface area contributed by atoms with Crippen LogP contribution in [0.4, 0.5) is 0 Å². The maximum Gasteiger partial charge on any atom is 0.0603 e. The molecule has 22 heavy (non-hydrogen) atoms. The average molecular weight is 295 g/mol. The molecule has 3 nitrogen and oxygen atoms in total. The Kier molecular flexibility index (Phi) is 4.86. The minimum atomic E-state index is 0.332. The summed E-state index contributed by atoms with van der Waals surface area (Å²) in [5.41, 5.74) is 2.70. The van der Waals surface area contributed by atoms with Crippen LogP contribution in [0.5, 0.6) is 0 Å². The first kappa shape index (κ1) is 15.2. The number of hydrogen-bond donors (Lipinski definition) is 0. The summed E-state index contributed by atoms with van der Waals surface area (Å²) < 4.78 is 0. The van der Waals surface area contributed by atoms with Gasteiger partial charge in [-0.1, -0.05) is 30.3 Å². The average Bonchev–Trinajstić information content (AvgIpc) is 2.57. The third-order valence-electron chi connectivity index (χ3n) is 4.58. The first-order valence-electron chi connectivity index (χ1n) is 8.18. The molecule has 2 heterocycles. The molecule has 116 valence electrons. The van der Waals surface area contributed by atoms with Gasteiger partial charge >= 0.3 is 0 Å². The van der Waals surface area contributed by atoms with E-state index in [-0.39, 0.29) is 0 Å². The molecule has 1 fully saturated rings. The summed E-state index contributed by atoms with van der Waals surface area (Å²) in [6.45, 7) is 9.08. The van der Waals surface area contributed by atoms with E-state index < -0.39 is 0 Å². The van der Waals surface area contributed by atoms with E-state index in [9.17, 15) is 0 Å². The van der Waals surface area contributed by atoms with E-state index in [1.165, 1.54) is 11.1 Å². The van der Waals surface area contributed by atoms with E-state index in [1.807, 2.05) is 12.4 Å². The highest BCUT2D eigenvalue weighted by molar-refractivity contribution is 5.30. The zero-order chi connectivity index (χ0) is 15.4. The number of hydrogen-bond acceptors (Lipinski definition) is 3. The van der Waals surface area contributed by atoms with Crippen LogP contribution < -0.4 is 0 Å². The largest absolute Gasteiger partial charge is 0.298 e. The molecule has 0 N–H and O–H groups in total. The van der Waals surface area contributed by atoms with E-state index in [0.29, 0.717) is 12.1 Å². The monoisotopic (exact) mass is 295 g/mol. The molecule has 1 saturated heterocycles. The second-order valence-corrected chi connectivity index (χ2v) is 6.26. The molecule has 0 amide bonds. The predicted octanol–water partition coefficient (Wildman–Crippen LogP) is 3.20. The van der Waals surface area contributed by atoms with Crippen molar-refractivity contribution in [3.63, 3.8) is 0 Å². The minimum absolute atomic E-state index is 0.332. The Bertz CT molecular complexity index is 520. The number of rotatable bonds is 4. The molecular formula is C19H25N3. The molecule has 1 aliphatic heterocycles. The Morgan fingerprint density at radius 2 is 1.32 bits per heavy atom. The normalized spacial score (nSPS) is 18.5. The van der Waals surface area contributed by atoms with Crippen LogP contribution in [0.15, 0.2) is 54.9 Å². The van der Waals surface area contributed by atoms with Crippen molar-refractivity contribution < 1.29 is 0 Å². The van der Waals surface area contributed by atoms with Gasteiger partial charge in [0.25, 0.3) is 0 Å². The van der Waals surface area contributed by atoms with Crippen molar-refractivity contribution in [2.45, 2.75) is 25.9 Å². The Labute approximate surface area is 133 Å². The van der Waals surface area contributed by atoms with Crippen LogP contribution in [0.25, 0.3) is 0 Å². The molecule has 3 rings (SSSR count). The van der Waals surface area contributed by atoms with Crippen LogP contribution in [0.2, 0.25) is 0 Å². The van der Waals surface area contributed by atoms with E-state index >= 15 is 0 Å². The number of benzene rings is 1. The van der Waals surface area contributed by atoms with Gasteiger partial charge in [0, 0.05) is 44.6 Å². The molecule has 1 aliphatic rings. The van der Waals surface area contributed by atoms with Crippen LogP contribution in [-0.2, 0) is 0 Å². The van der Waals surface area contributed by atoms with Gasteiger partial charge in [0.2, 0.25) is 0 Å². The zero-order valence-electron chi connectivity index (χ0n) is 13.5. The lowest BCUT2D eigenvalue weighted by Gasteiger charge is -2.41. The third kappa shape index (κ3) is 3.37. The molecule has 1 aromatic carbocycles. The highest BCUT2D eigenvalue weighted by Crippen LogP contribution is 2.29.